The summed E-state index contributed by atoms with van der Waals surface area (Å²) in [5.74, 6) is -0.578. The fraction of sp³-hybridized carbons (Fsp3) is 0.0588. The van der Waals surface area contributed by atoms with Crippen molar-refractivity contribution in [3.63, 3.8) is 0 Å². The summed E-state index contributed by atoms with van der Waals surface area (Å²) >= 11 is 6.09. The topological polar surface area (TPSA) is 70.3 Å². The van der Waals surface area contributed by atoms with E-state index < -0.39 is 12.6 Å². The van der Waals surface area contributed by atoms with Gasteiger partial charge in [-0.25, -0.2) is 4.79 Å². The second kappa shape index (κ2) is 7.30. The van der Waals surface area contributed by atoms with Crippen molar-refractivity contribution < 1.29 is 14.6 Å². The molecule has 110 valence electrons. The minimum atomic E-state index is -1.03. The molecular weight excluding hydrogens is 302 g/mol. The van der Waals surface area contributed by atoms with E-state index in [1.54, 1.807) is 48.5 Å². The maximum Gasteiger partial charge on any atom is 0.341 e. The number of hydrogen-bond acceptors (Lipinski definition) is 3. The molecule has 0 spiro atoms. The summed E-state index contributed by atoms with van der Waals surface area (Å²) in [4.78, 5) is 10.4. The van der Waals surface area contributed by atoms with Crippen LogP contribution in [0.5, 0.6) is 5.75 Å². The molecule has 2 aromatic carbocycles. The number of ether oxygens (including phenoxy) is 1. The van der Waals surface area contributed by atoms with Crippen LogP contribution in [0.3, 0.4) is 0 Å². The second-order valence-electron chi connectivity index (χ2n) is 4.40. The van der Waals surface area contributed by atoms with E-state index in [1.165, 1.54) is 0 Å². The van der Waals surface area contributed by atoms with Crippen LogP contribution in [0.4, 0.5) is 0 Å². The second-order valence-corrected chi connectivity index (χ2v) is 4.81. The minimum Gasteiger partial charge on any atom is -0.482 e. The molecule has 0 radical (unpaired) electrons. The van der Waals surface area contributed by atoms with Gasteiger partial charge in [-0.05, 0) is 29.8 Å². The number of carboxylic acids is 1. The first kappa shape index (κ1) is 15.6. The first-order chi connectivity index (χ1) is 10.6. The highest BCUT2D eigenvalue weighted by molar-refractivity contribution is 6.32. The van der Waals surface area contributed by atoms with Crippen LogP contribution in [0.1, 0.15) is 11.1 Å². The third-order valence-electron chi connectivity index (χ3n) is 2.84. The molecule has 0 atom stereocenters. The average Bonchev–Trinajstić information content (AvgIpc) is 2.52. The Labute approximate surface area is 132 Å². The van der Waals surface area contributed by atoms with E-state index in [2.05, 4.69) is 6.07 Å². The molecule has 0 aliphatic heterocycles. The van der Waals surface area contributed by atoms with E-state index in [0.717, 1.165) is 5.56 Å². The smallest absolute Gasteiger partial charge is 0.341 e. The quantitative estimate of drug-likeness (QED) is 0.672. The molecule has 2 rings (SSSR count). The van der Waals surface area contributed by atoms with Crippen molar-refractivity contribution in [2.45, 2.75) is 0 Å². The van der Waals surface area contributed by atoms with E-state index in [4.69, 9.17) is 21.4 Å². The molecule has 0 bridgehead atoms. The molecule has 2 aromatic rings. The minimum absolute atomic E-state index is 0.391. The van der Waals surface area contributed by atoms with Gasteiger partial charge in [0.05, 0.1) is 11.6 Å². The number of carbonyl (C=O) groups is 1. The summed E-state index contributed by atoms with van der Waals surface area (Å²) in [5, 5.41) is 18.4. The van der Waals surface area contributed by atoms with Crippen LogP contribution >= 0.6 is 11.6 Å². The first-order valence-corrected chi connectivity index (χ1v) is 6.79. The highest BCUT2D eigenvalue weighted by Crippen LogP contribution is 2.25. The standard InChI is InChI=1S/C17H12ClNO3/c18-16-4-2-1-3-15(16)13(10-19)9-12-5-7-14(8-6-12)22-11-17(20)21/h1-9H,11H2,(H,20,21). The van der Waals surface area contributed by atoms with Gasteiger partial charge < -0.3 is 9.84 Å². The number of rotatable bonds is 5. The largest absolute Gasteiger partial charge is 0.482 e. The number of nitriles is 1. The number of carboxylic acid groups (broad SMARTS) is 1. The maximum absolute atomic E-state index is 10.4. The number of allylic oxidation sites excluding steroid dienone is 1. The molecule has 1 N–H and O–H groups in total. The van der Waals surface area contributed by atoms with Crippen molar-refractivity contribution in [1.82, 2.24) is 0 Å². The van der Waals surface area contributed by atoms with Gasteiger partial charge in [0.15, 0.2) is 6.61 Å². The van der Waals surface area contributed by atoms with Crippen LogP contribution in [0.2, 0.25) is 5.02 Å². The van der Waals surface area contributed by atoms with Gasteiger partial charge >= 0.3 is 5.97 Å². The normalized spacial score (nSPS) is 10.8. The zero-order valence-electron chi connectivity index (χ0n) is 11.5. The lowest BCUT2D eigenvalue weighted by molar-refractivity contribution is -0.139. The van der Waals surface area contributed by atoms with Crippen molar-refractivity contribution in [1.29, 1.82) is 5.26 Å². The Morgan fingerprint density at radius 3 is 2.50 bits per heavy atom. The van der Waals surface area contributed by atoms with E-state index in [9.17, 15) is 10.1 Å². The van der Waals surface area contributed by atoms with E-state index >= 15 is 0 Å². The molecule has 0 fully saturated rings. The van der Waals surface area contributed by atoms with Gasteiger partial charge in [0.2, 0.25) is 0 Å². The Morgan fingerprint density at radius 1 is 1.23 bits per heavy atom. The van der Waals surface area contributed by atoms with Crippen LogP contribution in [0, 0.1) is 11.3 Å². The average molecular weight is 314 g/mol. The summed E-state index contributed by atoms with van der Waals surface area (Å²) in [5.41, 5.74) is 1.90. The fourth-order valence-electron chi connectivity index (χ4n) is 1.82. The highest BCUT2D eigenvalue weighted by atomic mass is 35.5. The molecule has 22 heavy (non-hydrogen) atoms. The predicted molar refractivity (Wildman–Crippen MR) is 84.5 cm³/mol. The van der Waals surface area contributed by atoms with Crippen LogP contribution in [0.15, 0.2) is 48.5 Å². The molecule has 4 nitrogen and oxygen atoms in total. The maximum atomic E-state index is 10.4. The van der Waals surface area contributed by atoms with Gasteiger partial charge in [-0.2, -0.15) is 5.26 Å². The Balaban J connectivity index is 2.22. The van der Waals surface area contributed by atoms with E-state index in [1.807, 2.05) is 6.07 Å². The SMILES string of the molecule is N#CC(=Cc1ccc(OCC(=O)O)cc1)c1ccccc1Cl. The molecule has 0 saturated heterocycles. The van der Waals surface area contributed by atoms with Gasteiger partial charge in [-0.15, -0.1) is 0 Å². The fourth-order valence-corrected chi connectivity index (χ4v) is 2.06. The third kappa shape index (κ3) is 4.11. The molecule has 0 amide bonds. The van der Waals surface area contributed by atoms with Crippen molar-refractivity contribution >= 4 is 29.2 Å². The molecule has 0 aromatic heterocycles. The Hall–Kier alpha value is -2.77. The number of nitrogens with zero attached hydrogens (tertiary/aromatic N) is 1. The number of hydrogen-bond donors (Lipinski definition) is 1. The summed E-state index contributed by atoms with van der Waals surface area (Å²) in [6, 6.07) is 16.0. The van der Waals surface area contributed by atoms with Gasteiger partial charge in [0, 0.05) is 10.6 Å². The summed E-state index contributed by atoms with van der Waals surface area (Å²) in [6.45, 7) is -0.391. The zero-order valence-corrected chi connectivity index (χ0v) is 12.2. The lowest BCUT2D eigenvalue weighted by Crippen LogP contribution is -2.09. The van der Waals surface area contributed by atoms with Crippen molar-refractivity contribution in [3.8, 4) is 11.8 Å². The van der Waals surface area contributed by atoms with Crippen LogP contribution in [0.25, 0.3) is 11.6 Å². The predicted octanol–water partition coefficient (Wildman–Crippen LogP) is 3.87. The van der Waals surface area contributed by atoms with Gasteiger partial charge in [0.1, 0.15) is 5.75 Å². The number of halogens is 1. The summed E-state index contributed by atoms with van der Waals surface area (Å²) in [6.07, 6.45) is 1.71. The molecular formula is C17H12ClNO3. The van der Waals surface area contributed by atoms with Crippen LogP contribution in [-0.4, -0.2) is 17.7 Å². The van der Waals surface area contributed by atoms with Gasteiger partial charge in [-0.1, -0.05) is 41.9 Å². The lowest BCUT2D eigenvalue weighted by atomic mass is 10.0. The molecule has 5 heteroatoms. The lowest BCUT2D eigenvalue weighted by Gasteiger charge is -2.04. The van der Waals surface area contributed by atoms with Crippen molar-refractivity contribution in [2.75, 3.05) is 6.61 Å². The van der Waals surface area contributed by atoms with Crippen LogP contribution in [-0.2, 0) is 4.79 Å². The van der Waals surface area contributed by atoms with E-state index in [0.29, 0.717) is 21.9 Å². The molecule has 0 saturated carbocycles. The summed E-state index contributed by atoms with van der Waals surface area (Å²) < 4.78 is 5.05. The molecule has 0 aliphatic rings. The first-order valence-electron chi connectivity index (χ1n) is 6.41. The summed E-state index contributed by atoms with van der Waals surface area (Å²) in [7, 11) is 0. The van der Waals surface area contributed by atoms with Crippen molar-refractivity contribution in [2.24, 2.45) is 0 Å². The monoisotopic (exact) mass is 313 g/mol. The Kier molecular flexibility index (Phi) is 5.18. The molecule has 0 aliphatic carbocycles. The van der Waals surface area contributed by atoms with E-state index in [-0.39, 0.29) is 0 Å². The number of benzene rings is 2. The highest BCUT2D eigenvalue weighted by Gasteiger charge is 2.05. The number of aliphatic carboxylic acids is 1. The molecule has 0 heterocycles. The Morgan fingerprint density at radius 2 is 1.91 bits per heavy atom. The van der Waals surface area contributed by atoms with Crippen molar-refractivity contribution in [3.05, 3.63) is 64.7 Å². The van der Waals surface area contributed by atoms with Gasteiger partial charge in [0.25, 0.3) is 0 Å². The van der Waals surface area contributed by atoms with Gasteiger partial charge in [-0.3, -0.25) is 0 Å². The van der Waals surface area contributed by atoms with Crippen LogP contribution < -0.4 is 4.74 Å². The molecule has 0 unspecified atom stereocenters. The zero-order chi connectivity index (χ0) is 15.9. The third-order valence-corrected chi connectivity index (χ3v) is 3.17. The Bertz CT molecular complexity index is 745.